The summed E-state index contributed by atoms with van der Waals surface area (Å²) >= 11 is 0. The van der Waals surface area contributed by atoms with Crippen LogP contribution < -0.4 is 9.47 Å². The minimum absolute atomic E-state index is 0.0153. The molecular weight excluding hydrogens is 398 g/mol. The molecule has 160 valence electrons. The van der Waals surface area contributed by atoms with Crippen molar-refractivity contribution in [3.8, 4) is 11.5 Å². The quantitative estimate of drug-likeness (QED) is 0.322. The Hall–Kier alpha value is -2.89. The Labute approximate surface area is 178 Å². The molecule has 3 heterocycles. The van der Waals surface area contributed by atoms with Crippen LogP contribution in [0, 0.1) is 5.41 Å². The predicted octanol–water partition coefficient (Wildman–Crippen LogP) is 6.56. The van der Waals surface area contributed by atoms with Crippen LogP contribution in [0.5, 0.6) is 11.5 Å². The van der Waals surface area contributed by atoms with E-state index < -0.39 is 6.29 Å². The van der Waals surface area contributed by atoms with Gasteiger partial charge in [-0.1, -0.05) is 41.5 Å². The predicted molar refractivity (Wildman–Crippen MR) is 116 cm³/mol. The highest BCUT2D eigenvalue weighted by Gasteiger charge is 2.57. The maximum atomic E-state index is 13.5. The number of rotatable bonds is 0. The van der Waals surface area contributed by atoms with E-state index in [0.29, 0.717) is 5.65 Å². The van der Waals surface area contributed by atoms with E-state index in [2.05, 4.69) is 63.1 Å². The summed E-state index contributed by atoms with van der Waals surface area (Å²) in [4.78, 5) is 4.92. The first-order valence-corrected chi connectivity index (χ1v) is 10.5. The Kier molecular flexibility index (Phi) is 3.11. The van der Waals surface area contributed by atoms with Gasteiger partial charge in [-0.05, 0) is 63.1 Å². The second kappa shape index (κ2) is 5.12. The maximum absolute atomic E-state index is 13.5. The number of pyridine rings is 1. The van der Waals surface area contributed by atoms with Crippen molar-refractivity contribution in [2.75, 3.05) is 0 Å². The fourth-order valence-corrected chi connectivity index (χ4v) is 5.47. The highest BCUT2D eigenvalue weighted by molar-refractivity contribution is 6.00. The summed E-state index contributed by atoms with van der Waals surface area (Å²) in [5, 5.41) is 1.52. The van der Waals surface area contributed by atoms with Crippen LogP contribution in [-0.4, -0.2) is 15.7 Å². The summed E-state index contributed by atoms with van der Waals surface area (Å²) < 4.78 is 38.4. The van der Waals surface area contributed by atoms with Crippen LogP contribution in [0.1, 0.15) is 52.7 Å². The molecule has 6 rings (SSSR count). The molecule has 2 aromatic carbocycles. The minimum atomic E-state index is -3.64. The Morgan fingerprint density at radius 3 is 2.13 bits per heavy atom. The number of benzene rings is 2. The van der Waals surface area contributed by atoms with E-state index in [1.165, 1.54) is 11.1 Å². The van der Waals surface area contributed by atoms with Gasteiger partial charge in [-0.25, -0.2) is 4.98 Å². The summed E-state index contributed by atoms with van der Waals surface area (Å²) in [5.41, 5.74) is 5.32. The molecule has 31 heavy (non-hydrogen) atoms. The van der Waals surface area contributed by atoms with Crippen LogP contribution in [0.3, 0.4) is 0 Å². The highest BCUT2D eigenvalue weighted by atomic mass is 19.3. The van der Waals surface area contributed by atoms with Gasteiger partial charge in [0.1, 0.15) is 5.65 Å². The van der Waals surface area contributed by atoms with Crippen molar-refractivity contribution in [3.63, 3.8) is 0 Å². The van der Waals surface area contributed by atoms with Crippen LogP contribution >= 0.6 is 0 Å². The Morgan fingerprint density at radius 1 is 0.839 bits per heavy atom. The SMILES string of the molecule is CC1(C)c2cc3nc4c5cc6c(cc5ccn4c3cc2C(C)(C)C1(C)C)OC(F)(F)O6. The van der Waals surface area contributed by atoms with E-state index in [1.807, 2.05) is 16.7 Å². The minimum Gasteiger partial charge on any atom is -0.395 e. The van der Waals surface area contributed by atoms with Gasteiger partial charge in [0.15, 0.2) is 11.5 Å². The number of alkyl halides is 2. The lowest BCUT2D eigenvalue weighted by molar-refractivity contribution is -0.286. The molecule has 0 fully saturated rings. The number of nitrogens with zero attached hydrogens (tertiary/aromatic N) is 2. The normalized spacial score (nSPS) is 21.8. The molecule has 0 amide bonds. The zero-order valence-electron chi connectivity index (χ0n) is 18.4. The molecule has 0 unspecified atom stereocenters. The molecule has 1 aliphatic heterocycles. The number of aromatic nitrogens is 2. The number of halogens is 2. The molecule has 0 saturated carbocycles. The molecule has 6 heteroatoms. The zero-order valence-corrected chi connectivity index (χ0v) is 18.4. The van der Waals surface area contributed by atoms with Gasteiger partial charge in [-0.3, -0.25) is 4.40 Å². The van der Waals surface area contributed by atoms with Crippen molar-refractivity contribution in [3.05, 3.63) is 47.7 Å². The second-order valence-corrected chi connectivity index (χ2v) is 10.4. The van der Waals surface area contributed by atoms with E-state index in [1.54, 1.807) is 12.1 Å². The first-order chi connectivity index (χ1) is 14.3. The number of hydrogen-bond acceptors (Lipinski definition) is 3. The fourth-order valence-electron chi connectivity index (χ4n) is 5.47. The second-order valence-electron chi connectivity index (χ2n) is 10.4. The summed E-state index contributed by atoms with van der Waals surface area (Å²) in [7, 11) is 0. The molecule has 4 nitrogen and oxygen atoms in total. The Balaban J connectivity index is 1.66. The van der Waals surface area contributed by atoms with Gasteiger partial charge in [-0.2, -0.15) is 0 Å². The van der Waals surface area contributed by atoms with Gasteiger partial charge in [0.2, 0.25) is 0 Å². The first-order valence-electron chi connectivity index (χ1n) is 10.5. The van der Waals surface area contributed by atoms with Crippen LogP contribution in [0.15, 0.2) is 36.5 Å². The maximum Gasteiger partial charge on any atom is 0.586 e. The van der Waals surface area contributed by atoms with Gasteiger partial charge < -0.3 is 9.47 Å². The topological polar surface area (TPSA) is 35.8 Å². The third kappa shape index (κ3) is 2.11. The molecule has 0 atom stereocenters. The lowest BCUT2D eigenvalue weighted by Gasteiger charge is -2.44. The summed E-state index contributed by atoms with van der Waals surface area (Å²) in [5.74, 6) is 0.0758. The van der Waals surface area contributed by atoms with Crippen LogP contribution in [0.2, 0.25) is 0 Å². The highest BCUT2D eigenvalue weighted by Crippen LogP contribution is 2.62. The largest absolute Gasteiger partial charge is 0.586 e. The first kappa shape index (κ1) is 18.8. The van der Waals surface area contributed by atoms with E-state index in [-0.39, 0.29) is 27.7 Å². The summed E-state index contributed by atoms with van der Waals surface area (Å²) in [6, 6.07) is 9.54. The van der Waals surface area contributed by atoms with E-state index in [4.69, 9.17) is 4.98 Å². The van der Waals surface area contributed by atoms with Crippen molar-refractivity contribution in [1.29, 1.82) is 0 Å². The molecule has 1 aliphatic carbocycles. The fraction of sp³-hybridized carbons (Fsp3) is 0.400. The van der Waals surface area contributed by atoms with Crippen molar-refractivity contribution < 1.29 is 18.3 Å². The monoisotopic (exact) mass is 422 g/mol. The van der Waals surface area contributed by atoms with Gasteiger partial charge in [0.05, 0.1) is 11.0 Å². The van der Waals surface area contributed by atoms with E-state index in [9.17, 15) is 8.78 Å². The summed E-state index contributed by atoms with van der Waals surface area (Å²) in [6.07, 6.45) is -1.70. The van der Waals surface area contributed by atoms with Gasteiger partial charge >= 0.3 is 6.29 Å². The lowest BCUT2D eigenvalue weighted by atomic mass is 9.59. The number of ether oxygens (including phenoxy) is 2. The van der Waals surface area contributed by atoms with Gasteiger partial charge in [-0.15, -0.1) is 8.78 Å². The molecule has 0 saturated heterocycles. The lowest BCUT2D eigenvalue weighted by Crippen LogP contribution is -2.42. The van der Waals surface area contributed by atoms with E-state index >= 15 is 0 Å². The average Bonchev–Trinajstić information content (AvgIpc) is 3.21. The molecule has 0 bridgehead atoms. The third-order valence-electron chi connectivity index (χ3n) is 8.52. The molecule has 0 spiro atoms. The van der Waals surface area contributed by atoms with Crippen molar-refractivity contribution >= 4 is 27.5 Å². The van der Waals surface area contributed by atoms with Crippen molar-refractivity contribution in [2.24, 2.45) is 5.41 Å². The molecule has 2 aromatic heterocycles. The smallest absolute Gasteiger partial charge is 0.395 e. The molecule has 0 N–H and O–H groups in total. The number of imidazole rings is 1. The Bertz CT molecular complexity index is 1450. The van der Waals surface area contributed by atoms with Crippen LogP contribution in [-0.2, 0) is 10.8 Å². The third-order valence-corrected chi connectivity index (χ3v) is 8.52. The Morgan fingerprint density at radius 2 is 1.45 bits per heavy atom. The number of fused-ring (bicyclic) bond motifs is 7. The average molecular weight is 422 g/mol. The van der Waals surface area contributed by atoms with Crippen molar-refractivity contribution in [2.45, 2.75) is 58.7 Å². The summed E-state index contributed by atoms with van der Waals surface area (Å²) in [6.45, 7) is 13.9. The number of hydrogen-bond donors (Lipinski definition) is 0. The van der Waals surface area contributed by atoms with E-state index in [0.717, 1.165) is 21.8 Å². The van der Waals surface area contributed by atoms with Crippen molar-refractivity contribution in [1.82, 2.24) is 9.38 Å². The van der Waals surface area contributed by atoms with Gasteiger partial charge in [0.25, 0.3) is 0 Å². The molecule has 2 aliphatic rings. The van der Waals surface area contributed by atoms with Crippen LogP contribution in [0.4, 0.5) is 8.78 Å². The van der Waals surface area contributed by atoms with Crippen LogP contribution in [0.25, 0.3) is 27.5 Å². The van der Waals surface area contributed by atoms with Gasteiger partial charge in [0, 0.05) is 11.6 Å². The molecule has 0 radical (unpaired) electrons. The standard InChI is InChI=1S/C25H24F2N2O2/c1-22(2)15-11-17-18(12-16(15)23(3,4)24(22,5)6)29-8-7-13-9-19-20(31-25(26,27)30-19)10-14(13)21(29)28-17/h7-12H,1-6H3. The molecule has 4 aromatic rings. The molecular formula is C25H24F2N2O2. The zero-order chi connectivity index (χ0) is 22.1.